The Bertz CT molecular complexity index is 950. The molecule has 1 fully saturated rings. The number of carbonyl (C=O) groups is 1. The van der Waals surface area contributed by atoms with Gasteiger partial charge in [0, 0.05) is 18.1 Å². The van der Waals surface area contributed by atoms with Crippen molar-refractivity contribution >= 4 is 41.6 Å². The van der Waals surface area contributed by atoms with E-state index in [4.69, 9.17) is 0 Å². The van der Waals surface area contributed by atoms with Crippen LogP contribution in [-0.4, -0.2) is 45.5 Å². The van der Waals surface area contributed by atoms with Gasteiger partial charge >= 0.3 is 0 Å². The molecule has 1 atom stereocenters. The number of benzene rings is 1. The van der Waals surface area contributed by atoms with E-state index in [-0.39, 0.29) is 30.7 Å². The highest BCUT2D eigenvalue weighted by molar-refractivity contribution is 5.93. The summed E-state index contributed by atoms with van der Waals surface area (Å²) < 4.78 is 1.69. The number of halogens is 2. The molecule has 2 aromatic heterocycles. The molecule has 156 valence electrons. The normalized spacial score (nSPS) is 16.0. The Hall–Kier alpha value is -2.22. The first kappa shape index (κ1) is 23.1. The van der Waals surface area contributed by atoms with Gasteiger partial charge in [0.05, 0.1) is 16.9 Å². The second kappa shape index (κ2) is 10.5. The van der Waals surface area contributed by atoms with Crippen molar-refractivity contribution < 1.29 is 4.79 Å². The van der Waals surface area contributed by atoms with Crippen LogP contribution in [-0.2, 0) is 0 Å². The van der Waals surface area contributed by atoms with Crippen LogP contribution >= 0.6 is 24.8 Å². The number of rotatable bonds is 5. The second-order valence-electron chi connectivity index (χ2n) is 7.04. The molecule has 0 aliphatic carbocycles. The Kier molecular flexibility index (Phi) is 8.37. The molecule has 0 radical (unpaired) electrons. The van der Waals surface area contributed by atoms with E-state index in [0.717, 1.165) is 36.1 Å². The van der Waals surface area contributed by atoms with Gasteiger partial charge in [0.25, 0.3) is 5.91 Å². The van der Waals surface area contributed by atoms with Gasteiger partial charge in [-0.1, -0.05) is 23.4 Å². The molecule has 4 rings (SSSR count). The molecule has 1 aliphatic heterocycles. The van der Waals surface area contributed by atoms with Crippen molar-refractivity contribution in [1.29, 1.82) is 0 Å². The summed E-state index contributed by atoms with van der Waals surface area (Å²) in [7, 11) is 0. The number of aromatic nitrogens is 4. The Morgan fingerprint density at radius 3 is 2.90 bits per heavy atom. The number of carbonyl (C=O) groups excluding carboxylic acids is 1. The van der Waals surface area contributed by atoms with E-state index in [2.05, 4.69) is 25.9 Å². The first-order valence-electron chi connectivity index (χ1n) is 9.49. The fourth-order valence-electron chi connectivity index (χ4n) is 3.67. The molecule has 29 heavy (non-hydrogen) atoms. The second-order valence-corrected chi connectivity index (χ2v) is 7.04. The molecule has 0 saturated carbocycles. The highest BCUT2D eigenvalue weighted by Crippen LogP contribution is 2.21. The molecular weight excluding hydrogens is 411 g/mol. The SMILES string of the molecule is Cc1c(C(=O)NCCC2CCCNC2)nnn1-c1cccc2cccnc12.Cl.Cl. The van der Waals surface area contributed by atoms with Crippen LogP contribution < -0.4 is 10.6 Å². The third-order valence-corrected chi connectivity index (χ3v) is 5.19. The molecule has 0 spiro atoms. The number of hydrogen-bond acceptors (Lipinski definition) is 5. The van der Waals surface area contributed by atoms with Crippen molar-refractivity contribution in [3.63, 3.8) is 0 Å². The first-order chi connectivity index (χ1) is 13.2. The summed E-state index contributed by atoms with van der Waals surface area (Å²) in [6, 6.07) is 9.81. The zero-order chi connectivity index (χ0) is 18.6. The summed E-state index contributed by atoms with van der Waals surface area (Å²) in [5.74, 6) is 0.466. The Morgan fingerprint density at radius 2 is 2.10 bits per heavy atom. The summed E-state index contributed by atoms with van der Waals surface area (Å²) in [6.07, 6.45) is 5.18. The minimum absolute atomic E-state index is 0. The molecule has 1 unspecified atom stereocenters. The molecule has 3 heterocycles. The third kappa shape index (κ3) is 5.04. The monoisotopic (exact) mass is 436 g/mol. The minimum atomic E-state index is -0.171. The van der Waals surface area contributed by atoms with Gasteiger partial charge in [0.1, 0.15) is 0 Å². The summed E-state index contributed by atoms with van der Waals surface area (Å²) in [5, 5.41) is 15.8. The molecule has 2 N–H and O–H groups in total. The highest BCUT2D eigenvalue weighted by atomic mass is 35.5. The smallest absolute Gasteiger partial charge is 0.273 e. The molecule has 1 amide bonds. The van der Waals surface area contributed by atoms with Crippen molar-refractivity contribution in [3.8, 4) is 5.69 Å². The lowest BCUT2D eigenvalue weighted by Crippen LogP contribution is -2.33. The number of nitrogens with zero attached hydrogens (tertiary/aromatic N) is 4. The van der Waals surface area contributed by atoms with E-state index in [9.17, 15) is 4.79 Å². The van der Waals surface area contributed by atoms with E-state index in [1.165, 1.54) is 12.8 Å². The predicted molar refractivity (Wildman–Crippen MR) is 118 cm³/mol. The maximum atomic E-state index is 12.6. The van der Waals surface area contributed by atoms with E-state index in [0.29, 0.717) is 23.9 Å². The lowest BCUT2D eigenvalue weighted by molar-refractivity contribution is 0.0945. The van der Waals surface area contributed by atoms with Crippen LogP contribution in [0.1, 0.15) is 35.4 Å². The fraction of sp³-hybridized carbons (Fsp3) is 0.400. The lowest BCUT2D eigenvalue weighted by atomic mass is 9.96. The average Bonchev–Trinajstić information content (AvgIpc) is 3.09. The highest BCUT2D eigenvalue weighted by Gasteiger charge is 2.19. The van der Waals surface area contributed by atoms with Crippen LogP contribution in [0, 0.1) is 12.8 Å². The van der Waals surface area contributed by atoms with Crippen molar-refractivity contribution in [1.82, 2.24) is 30.6 Å². The number of amides is 1. The number of hydrogen-bond donors (Lipinski definition) is 2. The van der Waals surface area contributed by atoms with Crippen molar-refractivity contribution in [2.45, 2.75) is 26.2 Å². The lowest BCUT2D eigenvalue weighted by Gasteiger charge is -2.22. The quantitative estimate of drug-likeness (QED) is 0.641. The standard InChI is InChI=1S/C20H24N6O.2ClH/c1-14-18(20(27)23-12-9-15-5-3-10-21-13-15)24-25-26(14)17-8-2-6-16-7-4-11-22-19(16)17;;/h2,4,6-8,11,15,21H,3,5,9-10,12-13H2,1H3,(H,23,27);2*1H. The van der Waals surface area contributed by atoms with Crippen LogP contribution in [0.5, 0.6) is 0 Å². The number of piperidine rings is 1. The van der Waals surface area contributed by atoms with E-state index >= 15 is 0 Å². The largest absolute Gasteiger partial charge is 0.351 e. The maximum absolute atomic E-state index is 12.6. The summed E-state index contributed by atoms with van der Waals surface area (Å²) in [5.41, 5.74) is 2.74. The van der Waals surface area contributed by atoms with Gasteiger partial charge in [-0.2, -0.15) is 0 Å². The average molecular weight is 437 g/mol. The fourth-order valence-corrected chi connectivity index (χ4v) is 3.67. The molecular formula is C20H26Cl2N6O. The van der Waals surface area contributed by atoms with Gasteiger partial charge in [-0.25, -0.2) is 4.68 Å². The Balaban J connectivity index is 0.00000150. The molecule has 9 heteroatoms. The first-order valence-corrected chi connectivity index (χ1v) is 9.49. The van der Waals surface area contributed by atoms with Crippen LogP contribution in [0.25, 0.3) is 16.6 Å². The van der Waals surface area contributed by atoms with Crippen LogP contribution in [0.3, 0.4) is 0 Å². The van der Waals surface area contributed by atoms with E-state index in [1.54, 1.807) is 10.9 Å². The molecule has 0 bridgehead atoms. The number of para-hydroxylation sites is 1. The third-order valence-electron chi connectivity index (χ3n) is 5.19. The Morgan fingerprint density at radius 1 is 1.28 bits per heavy atom. The molecule has 3 aromatic rings. The maximum Gasteiger partial charge on any atom is 0.273 e. The molecule has 7 nitrogen and oxygen atoms in total. The minimum Gasteiger partial charge on any atom is -0.351 e. The number of nitrogens with one attached hydrogen (secondary N) is 2. The molecule has 1 aliphatic rings. The van der Waals surface area contributed by atoms with Crippen molar-refractivity contribution in [3.05, 3.63) is 47.9 Å². The van der Waals surface area contributed by atoms with Crippen LogP contribution in [0.2, 0.25) is 0 Å². The van der Waals surface area contributed by atoms with Gasteiger partial charge in [-0.05, 0) is 57.3 Å². The predicted octanol–water partition coefficient (Wildman–Crippen LogP) is 3.09. The molecule has 1 aromatic carbocycles. The zero-order valence-electron chi connectivity index (χ0n) is 16.3. The van der Waals surface area contributed by atoms with Gasteiger partial charge in [-0.15, -0.1) is 29.9 Å². The summed E-state index contributed by atoms with van der Waals surface area (Å²) in [4.78, 5) is 17.0. The van der Waals surface area contributed by atoms with Gasteiger partial charge in [0.15, 0.2) is 5.69 Å². The summed E-state index contributed by atoms with van der Waals surface area (Å²) >= 11 is 0. The van der Waals surface area contributed by atoms with Gasteiger partial charge in [-0.3, -0.25) is 9.78 Å². The number of fused-ring (bicyclic) bond motifs is 1. The summed E-state index contributed by atoms with van der Waals surface area (Å²) in [6.45, 7) is 4.67. The topological polar surface area (TPSA) is 84.7 Å². The van der Waals surface area contributed by atoms with Gasteiger partial charge < -0.3 is 10.6 Å². The van der Waals surface area contributed by atoms with E-state index in [1.807, 2.05) is 37.3 Å². The van der Waals surface area contributed by atoms with Gasteiger partial charge in [0.2, 0.25) is 0 Å². The van der Waals surface area contributed by atoms with Crippen molar-refractivity contribution in [2.24, 2.45) is 5.92 Å². The zero-order valence-corrected chi connectivity index (χ0v) is 17.9. The molecule has 1 saturated heterocycles. The van der Waals surface area contributed by atoms with Crippen molar-refractivity contribution in [2.75, 3.05) is 19.6 Å². The number of pyridine rings is 1. The van der Waals surface area contributed by atoms with Crippen LogP contribution in [0.4, 0.5) is 0 Å². The van der Waals surface area contributed by atoms with E-state index < -0.39 is 0 Å². The van der Waals surface area contributed by atoms with Crippen LogP contribution in [0.15, 0.2) is 36.5 Å². The Labute approximate surface area is 182 Å².